The molecule has 0 saturated carbocycles. The fourth-order valence-electron chi connectivity index (χ4n) is 1.90. The molecule has 2 rings (SSSR count). The van der Waals surface area contributed by atoms with E-state index in [1.165, 1.54) is 0 Å². The number of anilines is 1. The van der Waals surface area contributed by atoms with Gasteiger partial charge in [0.1, 0.15) is 5.75 Å². The molecule has 0 aliphatic carbocycles. The molecule has 20 heavy (non-hydrogen) atoms. The molecule has 3 nitrogen and oxygen atoms in total. The van der Waals surface area contributed by atoms with Crippen molar-refractivity contribution >= 4 is 21.6 Å². The monoisotopic (exact) mass is 330 g/mol. The maximum Gasteiger partial charge on any atom is 0.133 e. The van der Waals surface area contributed by atoms with Gasteiger partial charge in [-0.2, -0.15) is 5.26 Å². The van der Waals surface area contributed by atoms with E-state index in [4.69, 9.17) is 10.00 Å². The Balaban J connectivity index is 2.13. The number of hydrogen-bond donors (Lipinski definition) is 1. The van der Waals surface area contributed by atoms with Crippen LogP contribution in [0.4, 0.5) is 5.69 Å². The molecule has 0 aliphatic heterocycles. The molecule has 102 valence electrons. The summed E-state index contributed by atoms with van der Waals surface area (Å²) in [5, 5.41) is 12.3. The normalized spacial score (nSPS) is 9.90. The van der Waals surface area contributed by atoms with Crippen molar-refractivity contribution in [3.8, 4) is 11.8 Å². The summed E-state index contributed by atoms with van der Waals surface area (Å²) in [5.41, 5.74) is 3.90. The van der Waals surface area contributed by atoms with Gasteiger partial charge in [0.2, 0.25) is 0 Å². The molecule has 0 radical (unpaired) electrons. The molecule has 0 unspecified atom stereocenters. The molecular weight excluding hydrogens is 316 g/mol. The van der Waals surface area contributed by atoms with Crippen molar-refractivity contribution in [1.82, 2.24) is 0 Å². The number of rotatable bonds is 4. The van der Waals surface area contributed by atoms with Crippen LogP contribution in [0.5, 0.6) is 5.75 Å². The molecule has 0 spiro atoms. The van der Waals surface area contributed by atoms with Crippen LogP contribution in [0.1, 0.15) is 16.7 Å². The topological polar surface area (TPSA) is 45.0 Å². The van der Waals surface area contributed by atoms with Gasteiger partial charge in [0.05, 0.1) is 23.2 Å². The van der Waals surface area contributed by atoms with Crippen molar-refractivity contribution in [2.75, 3.05) is 12.4 Å². The summed E-state index contributed by atoms with van der Waals surface area (Å²) < 4.78 is 6.14. The lowest BCUT2D eigenvalue weighted by molar-refractivity contribution is 0.412. The molecule has 2 aromatic rings. The van der Waals surface area contributed by atoms with Gasteiger partial charge in [-0.05, 0) is 58.2 Å². The summed E-state index contributed by atoms with van der Waals surface area (Å²) in [4.78, 5) is 0. The van der Waals surface area contributed by atoms with E-state index in [1.54, 1.807) is 7.11 Å². The van der Waals surface area contributed by atoms with Crippen molar-refractivity contribution in [2.24, 2.45) is 0 Å². The minimum absolute atomic E-state index is 0.661. The van der Waals surface area contributed by atoms with Gasteiger partial charge in [-0.3, -0.25) is 0 Å². The molecule has 0 saturated heterocycles. The Bertz CT molecular complexity index is 662. The number of ether oxygens (including phenoxy) is 1. The highest BCUT2D eigenvalue weighted by atomic mass is 79.9. The summed E-state index contributed by atoms with van der Waals surface area (Å²) in [5.74, 6) is 0.816. The van der Waals surface area contributed by atoms with Crippen molar-refractivity contribution in [3.63, 3.8) is 0 Å². The second kappa shape index (κ2) is 6.44. The van der Waals surface area contributed by atoms with Gasteiger partial charge in [0, 0.05) is 12.2 Å². The van der Waals surface area contributed by atoms with Gasteiger partial charge in [-0.25, -0.2) is 0 Å². The number of nitriles is 1. The van der Waals surface area contributed by atoms with E-state index in [0.29, 0.717) is 12.1 Å². The third-order valence-electron chi connectivity index (χ3n) is 3.07. The number of nitrogens with one attached hydrogen (secondary N) is 1. The summed E-state index contributed by atoms with van der Waals surface area (Å²) in [6.07, 6.45) is 0. The zero-order chi connectivity index (χ0) is 14.5. The predicted molar refractivity (Wildman–Crippen MR) is 83.9 cm³/mol. The van der Waals surface area contributed by atoms with Crippen molar-refractivity contribution in [1.29, 1.82) is 5.26 Å². The van der Waals surface area contributed by atoms with Crippen LogP contribution in [0.2, 0.25) is 0 Å². The van der Waals surface area contributed by atoms with Crippen LogP contribution in [0.3, 0.4) is 0 Å². The van der Waals surface area contributed by atoms with Gasteiger partial charge in [-0.15, -0.1) is 0 Å². The first-order chi connectivity index (χ1) is 9.63. The van der Waals surface area contributed by atoms with E-state index in [0.717, 1.165) is 27.0 Å². The van der Waals surface area contributed by atoms with E-state index < -0.39 is 0 Å². The Kier molecular flexibility index (Phi) is 4.65. The lowest BCUT2D eigenvalue weighted by atomic mass is 10.1. The minimum atomic E-state index is 0.661. The first kappa shape index (κ1) is 14.4. The number of nitrogens with zero attached hydrogens (tertiary/aromatic N) is 1. The highest BCUT2D eigenvalue weighted by Crippen LogP contribution is 2.26. The largest absolute Gasteiger partial charge is 0.496 e. The summed E-state index contributed by atoms with van der Waals surface area (Å²) in [6.45, 7) is 2.71. The van der Waals surface area contributed by atoms with Gasteiger partial charge >= 0.3 is 0 Å². The molecule has 0 fully saturated rings. The van der Waals surface area contributed by atoms with Gasteiger partial charge in [0.25, 0.3) is 0 Å². The average molecular weight is 331 g/mol. The second-order valence-electron chi connectivity index (χ2n) is 4.46. The molecular formula is C16H15BrN2O. The maximum atomic E-state index is 8.93. The van der Waals surface area contributed by atoms with E-state index in [9.17, 15) is 0 Å². The number of methoxy groups -OCH3 is 1. The van der Waals surface area contributed by atoms with Crippen LogP contribution in [-0.4, -0.2) is 7.11 Å². The predicted octanol–water partition coefficient (Wildman–Crippen LogP) is 4.25. The summed E-state index contributed by atoms with van der Waals surface area (Å²) in [6, 6.07) is 13.8. The molecule has 0 heterocycles. The smallest absolute Gasteiger partial charge is 0.133 e. The SMILES string of the molecule is COc1ccc(CNc2cc(C#N)ccc2C)cc1Br. The lowest BCUT2D eigenvalue weighted by Crippen LogP contribution is -2.01. The molecule has 0 atom stereocenters. The fourth-order valence-corrected chi connectivity index (χ4v) is 2.49. The molecule has 2 aromatic carbocycles. The van der Waals surface area contributed by atoms with Crippen LogP contribution in [-0.2, 0) is 6.54 Å². The van der Waals surface area contributed by atoms with Crippen LogP contribution in [0, 0.1) is 18.3 Å². The Morgan fingerprint density at radius 1 is 1.25 bits per heavy atom. The first-order valence-electron chi connectivity index (χ1n) is 6.21. The molecule has 0 aliphatic rings. The van der Waals surface area contributed by atoms with Crippen molar-refractivity contribution in [3.05, 3.63) is 57.6 Å². The lowest BCUT2D eigenvalue weighted by Gasteiger charge is -2.11. The van der Waals surface area contributed by atoms with Gasteiger partial charge in [-0.1, -0.05) is 12.1 Å². The summed E-state index contributed by atoms with van der Waals surface area (Å²) >= 11 is 3.47. The van der Waals surface area contributed by atoms with Gasteiger partial charge < -0.3 is 10.1 Å². The third kappa shape index (κ3) is 3.31. The average Bonchev–Trinajstić information content (AvgIpc) is 2.46. The highest BCUT2D eigenvalue weighted by Gasteiger charge is 2.03. The number of aryl methyl sites for hydroxylation is 1. The van der Waals surface area contributed by atoms with Crippen LogP contribution < -0.4 is 10.1 Å². The van der Waals surface area contributed by atoms with Crippen molar-refractivity contribution in [2.45, 2.75) is 13.5 Å². The maximum absolute atomic E-state index is 8.93. The first-order valence-corrected chi connectivity index (χ1v) is 7.00. The van der Waals surface area contributed by atoms with Crippen molar-refractivity contribution < 1.29 is 4.74 Å². The zero-order valence-corrected chi connectivity index (χ0v) is 13.0. The molecule has 0 amide bonds. The second-order valence-corrected chi connectivity index (χ2v) is 5.32. The van der Waals surface area contributed by atoms with Gasteiger partial charge in [0.15, 0.2) is 0 Å². The van der Waals surface area contributed by atoms with E-state index in [-0.39, 0.29) is 0 Å². The van der Waals surface area contributed by atoms with Crippen LogP contribution >= 0.6 is 15.9 Å². The number of benzene rings is 2. The molecule has 0 bridgehead atoms. The standard InChI is InChI=1S/C16H15BrN2O/c1-11-3-4-12(9-18)8-15(11)19-10-13-5-6-16(20-2)14(17)7-13/h3-8,19H,10H2,1-2H3. The Hall–Kier alpha value is -1.99. The molecule has 0 aromatic heterocycles. The Morgan fingerprint density at radius 2 is 2.05 bits per heavy atom. The van der Waals surface area contributed by atoms with Crippen LogP contribution in [0.15, 0.2) is 40.9 Å². The zero-order valence-electron chi connectivity index (χ0n) is 11.4. The summed E-state index contributed by atoms with van der Waals surface area (Å²) in [7, 11) is 1.65. The Morgan fingerprint density at radius 3 is 2.70 bits per heavy atom. The number of hydrogen-bond acceptors (Lipinski definition) is 3. The molecule has 1 N–H and O–H groups in total. The highest BCUT2D eigenvalue weighted by molar-refractivity contribution is 9.10. The fraction of sp³-hybridized carbons (Fsp3) is 0.188. The van der Waals surface area contributed by atoms with E-state index in [2.05, 4.69) is 27.3 Å². The quantitative estimate of drug-likeness (QED) is 0.911. The van der Waals surface area contributed by atoms with E-state index in [1.807, 2.05) is 43.3 Å². The minimum Gasteiger partial charge on any atom is -0.496 e. The Labute approximate surface area is 127 Å². The number of halogens is 1. The third-order valence-corrected chi connectivity index (χ3v) is 3.69. The van der Waals surface area contributed by atoms with Crippen LogP contribution in [0.25, 0.3) is 0 Å². The van der Waals surface area contributed by atoms with E-state index >= 15 is 0 Å². The molecule has 4 heteroatoms.